The van der Waals surface area contributed by atoms with E-state index in [1.807, 2.05) is 48.5 Å². The zero-order valence-corrected chi connectivity index (χ0v) is 12.5. The van der Waals surface area contributed by atoms with Crippen LogP contribution in [0.2, 0.25) is 0 Å². The van der Waals surface area contributed by atoms with E-state index in [0.29, 0.717) is 13.0 Å². The van der Waals surface area contributed by atoms with Gasteiger partial charge in [-0.3, -0.25) is 4.31 Å². The molecule has 1 aliphatic carbocycles. The summed E-state index contributed by atoms with van der Waals surface area (Å²) in [6.07, 6.45) is 2.24. The number of benzene rings is 2. The number of rotatable bonds is 2. The van der Waals surface area contributed by atoms with Crippen molar-refractivity contribution >= 4 is 15.7 Å². The molecule has 0 N–H and O–H groups in total. The van der Waals surface area contributed by atoms with Gasteiger partial charge in [0.1, 0.15) is 0 Å². The zero-order valence-electron chi connectivity index (χ0n) is 11.7. The summed E-state index contributed by atoms with van der Waals surface area (Å²) in [7, 11) is -3.27. The van der Waals surface area contributed by atoms with Gasteiger partial charge in [0.05, 0.1) is 17.0 Å². The summed E-state index contributed by atoms with van der Waals surface area (Å²) >= 11 is 0. The van der Waals surface area contributed by atoms with E-state index in [4.69, 9.17) is 0 Å². The minimum absolute atomic E-state index is 0.419. The average Bonchev–Trinajstić information content (AvgIpc) is 3.27. The molecule has 1 fully saturated rings. The van der Waals surface area contributed by atoms with E-state index in [9.17, 15) is 8.42 Å². The monoisotopic (exact) mass is 299 g/mol. The third kappa shape index (κ3) is 1.89. The minimum atomic E-state index is -3.27. The van der Waals surface area contributed by atoms with Gasteiger partial charge in [0.25, 0.3) is 0 Å². The van der Waals surface area contributed by atoms with Crippen molar-refractivity contribution in [3.63, 3.8) is 0 Å². The zero-order chi connectivity index (χ0) is 14.5. The fourth-order valence-electron chi connectivity index (χ4n) is 3.20. The molecule has 0 atom stereocenters. The number of hydrogen-bond acceptors (Lipinski definition) is 2. The van der Waals surface area contributed by atoms with Gasteiger partial charge >= 0.3 is 0 Å². The van der Waals surface area contributed by atoms with Crippen LogP contribution in [0.4, 0.5) is 5.69 Å². The van der Waals surface area contributed by atoms with Crippen LogP contribution in [0.25, 0.3) is 0 Å². The fraction of sp³-hybridized carbons (Fsp3) is 0.294. The predicted molar refractivity (Wildman–Crippen MR) is 83.7 cm³/mol. The Morgan fingerprint density at radius 2 is 1.62 bits per heavy atom. The smallest absolute Gasteiger partial charge is 0.241 e. The highest BCUT2D eigenvalue weighted by Gasteiger charge is 2.59. The van der Waals surface area contributed by atoms with Crippen LogP contribution in [-0.4, -0.2) is 13.2 Å². The largest absolute Gasteiger partial charge is 0.265 e. The van der Waals surface area contributed by atoms with Crippen molar-refractivity contribution in [1.82, 2.24) is 0 Å². The number of hydrogen-bond donors (Lipinski definition) is 0. The Hall–Kier alpha value is -1.81. The van der Waals surface area contributed by atoms with Gasteiger partial charge < -0.3 is 0 Å². The lowest BCUT2D eigenvalue weighted by atomic mass is 10.1. The molecule has 0 amide bonds. The molecule has 21 heavy (non-hydrogen) atoms. The van der Waals surface area contributed by atoms with Crippen LogP contribution in [-0.2, 0) is 23.0 Å². The lowest BCUT2D eigenvalue weighted by Gasteiger charge is -2.36. The summed E-state index contributed by atoms with van der Waals surface area (Å²) in [5.74, 6) is 0. The lowest BCUT2D eigenvalue weighted by Crippen LogP contribution is -2.45. The van der Waals surface area contributed by atoms with E-state index in [-0.39, 0.29) is 0 Å². The highest BCUT2D eigenvalue weighted by molar-refractivity contribution is 7.94. The van der Waals surface area contributed by atoms with Crippen LogP contribution in [0.1, 0.15) is 24.0 Å². The van der Waals surface area contributed by atoms with E-state index in [1.165, 1.54) is 0 Å². The van der Waals surface area contributed by atoms with Crippen LogP contribution in [0.5, 0.6) is 0 Å². The van der Waals surface area contributed by atoms with E-state index in [0.717, 1.165) is 29.7 Å². The van der Waals surface area contributed by atoms with Crippen LogP contribution in [0, 0.1) is 0 Å². The highest BCUT2D eigenvalue weighted by Crippen LogP contribution is 2.53. The lowest BCUT2D eigenvalue weighted by molar-refractivity contribution is 0.564. The minimum Gasteiger partial charge on any atom is -0.265 e. The SMILES string of the molecule is O=S1(=O)N(Cc2ccccc2)c2ccccc2CC12CC2. The van der Waals surface area contributed by atoms with Crippen molar-refractivity contribution in [2.75, 3.05) is 4.31 Å². The van der Waals surface area contributed by atoms with Gasteiger partial charge in [0, 0.05) is 0 Å². The summed E-state index contributed by atoms with van der Waals surface area (Å²) in [5.41, 5.74) is 3.02. The third-order valence-electron chi connectivity index (χ3n) is 4.59. The van der Waals surface area contributed by atoms with Gasteiger partial charge in [-0.25, -0.2) is 8.42 Å². The standard InChI is InChI=1S/C17H17NO2S/c19-21(20)17(10-11-17)12-15-8-4-5-9-16(15)18(21)13-14-6-2-1-3-7-14/h1-9H,10-13H2. The Kier molecular flexibility index (Phi) is 2.67. The first-order valence-corrected chi connectivity index (χ1v) is 8.71. The molecule has 2 aliphatic rings. The van der Waals surface area contributed by atoms with Gasteiger partial charge in [0.15, 0.2) is 0 Å². The van der Waals surface area contributed by atoms with Crippen molar-refractivity contribution in [2.45, 2.75) is 30.6 Å². The molecule has 4 rings (SSSR count). The van der Waals surface area contributed by atoms with Crippen LogP contribution in [0.3, 0.4) is 0 Å². The van der Waals surface area contributed by atoms with Crippen molar-refractivity contribution in [1.29, 1.82) is 0 Å². The van der Waals surface area contributed by atoms with Crippen LogP contribution in [0.15, 0.2) is 54.6 Å². The van der Waals surface area contributed by atoms with Gasteiger partial charge in [0.2, 0.25) is 10.0 Å². The second-order valence-corrected chi connectivity index (χ2v) is 8.24. The Labute approximate surface area is 125 Å². The molecule has 0 bridgehead atoms. The molecule has 1 heterocycles. The van der Waals surface area contributed by atoms with Gasteiger partial charge in [-0.05, 0) is 36.5 Å². The van der Waals surface area contributed by atoms with Gasteiger partial charge in [-0.1, -0.05) is 48.5 Å². The quantitative estimate of drug-likeness (QED) is 0.854. The Morgan fingerprint density at radius 3 is 2.33 bits per heavy atom. The van der Waals surface area contributed by atoms with Crippen molar-refractivity contribution in [2.24, 2.45) is 0 Å². The summed E-state index contributed by atoms with van der Waals surface area (Å²) in [6.45, 7) is 0.419. The molecule has 1 saturated carbocycles. The number of sulfonamides is 1. The second kappa shape index (κ2) is 4.34. The van der Waals surface area contributed by atoms with E-state index >= 15 is 0 Å². The van der Waals surface area contributed by atoms with Crippen molar-refractivity contribution in [3.8, 4) is 0 Å². The Morgan fingerprint density at radius 1 is 0.952 bits per heavy atom. The van der Waals surface area contributed by atoms with E-state index in [2.05, 4.69) is 6.07 Å². The molecule has 0 unspecified atom stereocenters. The van der Waals surface area contributed by atoms with E-state index < -0.39 is 14.8 Å². The molecule has 2 aromatic carbocycles. The van der Waals surface area contributed by atoms with Crippen LogP contribution >= 0.6 is 0 Å². The number of anilines is 1. The molecule has 2 aromatic rings. The number of fused-ring (bicyclic) bond motifs is 1. The first kappa shape index (κ1) is 12.9. The molecule has 0 radical (unpaired) electrons. The molecule has 0 saturated heterocycles. The van der Waals surface area contributed by atoms with Crippen molar-refractivity contribution < 1.29 is 8.42 Å². The maximum Gasteiger partial charge on any atom is 0.241 e. The number of nitrogens with zero attached hydrogens (tertiary/aromatic N) is 1. The molecule has 108 valence electrons. The highest BCUT2D eigenvalue weighted by atomic mass is 32.2. The molecule has 3 nitrogen and oxygen atoms in total. The molecule has 1 spiro atoms. The summed E-state index contributed by atoms with van der Waals surface area (Å²) in [5, 5.41) is 0. The molecule has 4 heteroatoms. The first-order valence-electron chi connectivity index (χ1n) is 7.27. The topological polar surface area (TPSA) is 37.4 Å². The summed E-state index contributed by atoms with van der Waals surface area (Å²) < 4.78 is 27.1. The normalized spacial score (nSPS) is 21.0. The Bertz CT molecular complexity index is 779. The Balaban J connectivity index is 1.83. The third-order valence-corrected chi connectivity index (χ3v) is 7.14. The molecular formula is C17H17NO2S. The summed E-state index contributed by atoms with van der Waals surface area (Å²) in [6, 6.07) is 17.7. The fourth-order valence-corrected chi connectivity index (χ4v) is 5.38. The van der Waals surface area contributed by atoms with Gasteiger partial charge in [-0.2, -0.15) is 0 Å². The predicted octanol–water partition coefficient (Wildman–Crippen LogP) is 3.11. The molecular weight excluding hydrogens is 282 g/mol. The van der Waals surface area contributed by atoms with Crippen molar-refractivity contribution in [3.05, 3.63) is 65.7 Å². The molecule has 1 aliphatic heterocycles. The van der Waals surface area contributed by atoms with Gasteiger partial charge in [-0.15, -0.1) is 0 Å². The maximum atomic E-state index is 13.0. The first-order chi connectivity index (χ1) is 10.1. The maximum absolute atomic E-state index is 13.0. The van der Waals surface area contributed by atoms with Crippen LogP contribution < -0.4 is 4.31 Å². The second-order valence-electron chi connectivity index (χ2n) is 5.99. The summed E-state index contributed by atoms with van der Waals surface area (Å²) in [4.78, 5) is 0. The average molecular weight is 299 g/mol. The molecule has 0 aromatic heterocycles. The van der Waals surface area contributed by atoms with E-state index in [1.54, 1.807) is 4.31 Å². The number of para-hydroxylation sites is 1.